The summed E-state index contributed by atoms with van der Waals surface area (Å²) in [5.74, 6) is -0.147. The molecule has 0 aliphatic rings. The average Bonchev–Trinajstić information content (AvgIpc) is 2.74. The zero-order valence-corrected chi connectivity index (χ0v) is 10.7. The Hall–Kier alpha value is -1.20. The van der Waals surface area contributed by atoms with Crippen LogP contribution in [0.1, 0.15) is 16.1 Å². The lowest BCUT2D eigenvalue weighted by atomic mass is 10.2. The Morgan fingerprint density at radius 1 is 1.38 bits per heavy atom. The van der Waals surface area contributed by atoms with Crippen LogP contribution in [-0.4, -0.2) is 10.9 Å². The molecule has 2 aromatic rings. The number of hydrogen-bond acceptors (Lipinski definition) is 3. The Kier molecular flexibility index (Phi) is 3.69. The highest BCUT2D eigenvalue weighted by Gasteiger charge is 2.08. The van der Waals surface area contributed by atoms with Crippen molar-refractivity contribution in [3.05, 3.63) is 50.9 Å². The SMILES string of the molecule is O=C(NCc1ccccc1)c1csc(Br)n1. The van der Waals surface area contributed by atoms with Gasteiger partial charge >= 0.3 is 0 Å². The molecule has 1 aromatic carbocycles. The monoisotopic (exact) mass is 296 g/mol. The lowest BCUT2D eigenvalue weighted by Gasteiger charge is -2.02. The van der Waals surface area contributed by atoms with E-state index < -0.39 is 0 Å². The molecular weight excluding hydrogens is 288 g/mol. The first-order valence-corrected chi connectivity index (χ1v) is 6.36. The largest absolute Gasteiger partial charge is 0.347 e. The highest BCUT2D eigenvalue weighted by atomic mass is 79.9. The summed E-state index contributed by atoms with van der Waals surface area (Å²) in [7, 11) is 0. The number of carbonyl (C=O) groups is 1. The van der Waals surface area contributed by atoms with Crippen LogP contribution in [0.4, 0.5) is 0 Å². The molecule has 0 radical (unpaired) electrons. The summed E-state index contributed by atoms with van der Waals surface area (Å²) in [5.41, 5.74) is 1.53. The van der Waals surface area contributed by atoms with E-state index in [2.05, 4.69) is 26.2 Å². The molecule has 0 fully saturated rings. The molecule has 16 heavy (non-hydrogen) atoms. The van der Waals surface area contributed by atoms with Crippen LogP contribution >= 0.6 is 27.3 Å². The van der Waals surface area contributed by atoms with Crippen LogP contribution in [0.25, 0.3) is 0 Å². The fourth-order valence-electron chi connectivity index (χ4n) is 1.22. The first-order valence-electron chi connectivity index (χ1n) is 4.69. The Morgan fingerprint density at radius 3 is 2.75 bits per heavy atom. The van der Waals surface area contributed by atoms with Gasteiger partial charge in [-0.15, -0.1) is 11.3 Å². The molecule has 0 saturated heterocycles. The second-order valence-corrected chi connectivity index (χ2v) is 5.29. The van der Waals surface area contributed by atoms with E-state index in [1.54, 1.807) is 5.38 Å². The molecule has 0 unspecified atom stereocenters. The number of halogens is 1. The minimum atomic E-state index is -0.147. The molecule has 0 bridgehead atoms. The van der Waals surface area contributed by atoms with Crippen molar-refractivity contribution in [2.45, 2.75) is 6.54 Å². The number of hydrogen-bond donors (Lipinski definition) is 1. The maximum absolute atomic E-state index is 11.6. The third-order valence-corrected chi connectivity index (χ3v) is 3.37. The van der Waals surface area contributed by atoms with Gasteiger partial charge in [-0.3, -0.25) is 4.79 Å². The Morgan fingerprint density at radius 2 is 2.12 bits per heavy atom. The van der Waals surface area contributed by atoms with E-state index in [1.807, 2.05) is 30.3 Å². The fourth-order valence-corrected chi connectivity index (χ4v) is 2.22. The van der Waals surface area contributed by atoms with Crippen LogP contribution in [0.5, 0.6) is 0 Å². The van der Waals surface area contributed by atoms with Crippen LogP contribution in [0.3, 0.4) is 0 Å². The zero-order chi connectivity index (χ0) is 11.4. The summed E-state index contributed by atoms with van der Waals surface area (Å²) in [6, 6.07) is 9.78. The minimum Gasteiger partial charge on any atom is -0.347 e. The predicted molar refractivity (Wildman–Crippen MR) is 67.4 cm³/mol. The molecule has 5 heteroatoms. The molecular formula is C11H9BrN2OS. The zero-order valence-electron chi connectivity index (χ0n) is 8.31. The van der Waals surface area contributed by atoms with Crippen molar-refractivity contribution in [2.24, 2.45) is 0 Å². The predicted octanol–water partition coefficient (Wildman–Crippen LogP) is 2.84. The van der Waals surface area contributed by atoms with Crippen molar-refractivity contribution in [1.29, 1.82) is 0 Å². The Bertz CT molecular complexity index is 484. The van der Waals surface area contributed by atoms with Gasteiger partial charge in [0.2, 0.25) is 0 Å². The summed E-state index contributed by atoms with van der Waals surface area (Å²) in [6.07, 6.45) is 0. The van der Waals surface area contributed by atoms with Gasteiger partial charge in [0.1, 0.15) is 5.69 Å². The maximum atomic E-state index is 11.6. The van der Waals surface area contributed by atoms with E-state index in [0.29, 0.717) is 12.2 Å². The van der Waals surface area contributed by atoms with Gasteiger partial charge in [0.15, 0.2) is 3.92 Å². The van der Waals surface area contributed by atoms with Crippen molar-refractivity contribution in [3.63, 3.8) is 0 Å². The average molecular weight is 297 g/mol. The number of amides is 1. The van der Waals surface area contributed by atoms with E-state index in [0.717, 1.165) is 9.48 Å². The van der Waals surface area contributed by atoms with Crippen molar-refractivity contribution < 1.29 is 4.79 Å². The van der Waals surface area contributed by atoms with E-state index in [4.69, 9.17) is 0 Å². The Labute approximate surface area is 106 Å². The second-order valence-electron chi connectivity index (χ2n) is 3.15. The summed E-state index contributed by atoms with van der Waals surface area (Å²) in [6.45, 7) is 0.523. The fraction of sp³-hybridized carbons (Fsp3) is 0.0909. The van der Waals surface area contributed by atoms with Crippen molar-refractivity contribution in [3.8, 4) is 0 Å². The summed E-state index contributed by atoms with van der Waals surface area (Å²) in [4.78, 5) is 15.7. The number of nitrogens with one attached hydrogen (secondary N) is 1. The van der Waals surface area contributed by atoms with Crippen molar-refractivity contribution in [2.75, 3.05) is 0 Å². The minimum absolute atomic E-state index is 0.147. The molecule has 1 heterocycles. The van der Waals surface area contributed by atoms with Crippen molar-refractivity contribution >= 4 is 33.2 Å². The smallest absolute Gasteiger partial charge is 0.271 e. The molecule has 1 amide bonds. The van der Waals surface area contributed by atoms with Gasteiger partial charge < -0.3 is 5.32 Å². The Balaban J connectivity index is 1.94. The number of rotatable bonds is 3. The molecule has 0 spiro atoms. The number of thiazole rings is 1. The highest BCUT2D eigenvalue weighted by molar-refractivity contribution is 9.11. The quantitative estimate of drug-likeness (QED) is 0.946. The molecule has 3 nitrogen and oxygen atoms in total. The molecule has 0 atom stereocenters. The standard InChI is InChI=1S/C11H9BrN2OS/c12-11-14-9(7-16-11)10(15)13-6-8-4-2-1-3-5-8/h1-5,7H,6H2,(H,13,15). The topological polar surface area (TPSA) is 42.0 Å². The summed E-state index contributed by atoms with van der Waals surface area (Å²) in [5, 5.41) is 4.54. The van der Waals surface area contributed by atoms with E-state index >= 15 is 0 Å². The number of benzene rings is 1. The van der Waals surface area contributed by atoms with Gasteiger partial charge in [-0.1, -0.05) is 30.3 Å². The van der Waals surface area contributed by atoms with Gasteiger partial charge in [0.25, 0.3) is 5.91 Å². The van der Waals surface area contributed by atoms with Gasteiger partial charge in [-0.25, -0.2) is 4.98 Å². The van der Waals surface area contributed by atoms with Gasteiger partial charge in [-0.2, -0.15) is 0 Å². The number of aromatic nitrogens is 1. The number of carbonyl (C=O) groups excluding carboxylic acids is 1. The maximum Gasteiger partial charge on any atom is 0.271 e. The van der Waals surface area contributed by atoms with Crippen LogP contribution in [0.2, 0.25) is 0 Å². The van der Waals surface area contributed by atoms with E-state index in [9.17, 15) is 4.79 Å². The van der Waals surface area contributed by atoms with Gasteiger partial charge in [0, 0.05) is 11.9 Å². The molecule has 0 aliphatic carbocycles. The van der Waals surface area contributed by atoms with E-state index in [1.165, 1.54) is 11.3 Å². The lowest BCUT2D eigenvalue weighted by Crippen LogP contribution is -2.22. The molecule has 1 aromatic heterocycles. The molecule has 2 rings (SSSR count). The molecule has 0 aliphatic heterocycles. The molecule has 0 saturated carbocycles. The van der Waals surface area contributed by atoms with Crippen LogP contribution < -0.4 is 5.32 Å². The lowest BCUT2D eigenvalue weighted by molar-refractivity contribution is 0.0946. The normalized spacial score (nSPS) is 10.1. The van der Waals surface area contributed by atoms with Gasteiger partial charge in [0.05, 0.1) is 0 Å². The second kappa shape index (κ2) is 5.23. The summed E-state index contributed by atoms with van der Waals surface area (Å²) < 4.78 is 0.720. The summed E-state index contributed by atoms with van der Waals surface area (Å²) >= 11 is 4.62. The third-order valence-electron chi connectivity index (χ3n) is 2.00. The van der Waals surface area contributed by atoms with Crippen molar-refractivity contribution in [1.82, 2.24) is 10.3 Å². The van der Waals surface area contributed by atoms with Crippen LogP contribution in [-0.2, 0) is 6.54 Å². The van der Waals surface area contributed by atoms with Gasteiger partial charge in [-0.05, 0) is 21.5 Å². The molecule has 1 N–H and O–H groups in total. The first-order chi connectivity index (χ1) is 7.75. The third kappa shape index (κ3) is 2.90. The van der Waals surface area contributed by atoms with Crippen LogP contribution in [0, 0.1) is 0 Å². The first kappa shape index (κ1) is 11.3. The van der Waals surface area contributed by atoms with Crippen LogP contribution in [0.15, 0.2) is 39.6 Å². The highest BCUT2D eigenvalue weighted by Crippen LogP contribution is 2.15. The number of nitrogens with zero attached hydrogens (tertiary/aromatic N) is 1. The van der Waals surface area contributed by atoms with E-state index in [-0.39, 0.29) is 5.91 Å². The molecule has 82 valence electrons.